The van der Waals surface area contributed by atoms with Crippen molar-refractivity contribution in [2.45, 2.75) is 0 Å². The first-order valence-electron chi connectivity index (χ1n) is 6.61. The molecule has 22 heavy (non-hydrogen) atoms. The monoisotopic (exact) mass is 321 g/mol. The highest BCUT2D eigenvalue weighted by Crippen LogP contribution is 2.30. The number of esters is 1. The van der Waals surface area contributed by atoms with E-state index in [1.807, 2.05) is 12.1 Å². The van der Waals surface area contributed by atoms with E-state index in [0.717, 1.165) is 5.56 Å². The number of halogens is 1. The molecule has 1 aromatic heterocycles. The maximum atomic E-state index is 11.7. The highest BCUT2D eigenvalue weighted by atomic mass is 35.5. The van der Waals surface area contributed by atoms with Gasteiger partial charge in [0.15, 0.2) is 0 Å². The molecular formula is C16H16ClNO4. The standard InChI is InChI=1S/C16H16ClNO4/c1-20-7-8-22-15-14(11-3-5-13(17)6-4-11)9-12(10-18-15)16(19)21-2/h3-6,9-10H,7-8H2,1-2H3. The topological polar surface area (TPSA) is 57.7 Å². The third-order valence-electron chi connectivity index (χ3n) is 2.95. The van der Waals surface area contributed by atoms with Crippen LogP contribution in [0.3, 0.4) is 0 Å². The van der Waals surface area contributed by atoms with Gasteiger partial charge in [0.25, 0.3) is 0 Å². The van der Waals surface area contributed by atoms with Crippen LogP contribution in [0.4, 0.5) is 0 Å². The Bertz CT molecular complexity index is 643. The Morgan fingerprint density at radius 3 is 2.55 bits per heavy atom. The Morgan fingerprint density at radius 2 is 1.91 bits per heavy atom. The Hall–Kier alpha value is -2.11. The summed E-state index contributed by atoms with van der Waals surface area (Å²) in [5.74, 6) is -0.0295. The number of carbonyl (C=O) groups excluding carboxylic acids is 1. The van der Waals surface area contributed by atoms with Crippen LogP contribution in [0.1, 0.15) is 10.4 Å². The Morgan fingerprint density at radius 1 is 1.18 bits per heavy atom. The van der Waals surface area contributed by atoms with Gasteiger partial charge in [0.05, 0.1) is 19.3 Å². The molecule has 0 aliphatic heterocycles. The molecule has 116 valence electrons. The fourth-order valence-electron chi connectivity index (χ4n) is 1.85. The van der Waals surface area contributed by atoms with Crippen molar-refractivity contribution in [1.29, 1.82) is 0 Å². The van der Waals surface area contributed by atoms with Crippen molar-refractivity contribution in [3.05, 3.63) is 47.1 Å². The second-order valence-corrected chi connectivity index (χ2v) is 4.85. The van der Waals surface area contributed by atoms with E-state index in [4.69, 9.17) is 25.8 Å². The van der Waals surface area contributed by atoms with E-state index in [1.54, 1.807) is 25.3 Å². The van der Waals surface area contributed by atoms with Gasteiger partial charge in [-0.1, -0.05) is 23.7 Å². The average Bonchev–Trinajstić information content (AvgIpc) is 2.55. The molecule has 0 atom stereocenters. The van der Waals surface area contributed by atoms with Crippen LogP contribution in [-0.2, 0) is 9.47 Å². The maximum absolute atomic E-state index is 11.7. The van der Waals surface area contributed by atoms with Gasteiger partial charge in [-0.15, -0.1) is 0 Å². The van der Waals surface area contributed by atoms with Gasteiger partial charge >= 0.3 is 5.97 Å². The molecule has 0 aliphatic carbocycles. The molecule has 0 N–H and O–H groups in total. The molecule has 0 unspecified atom stereocenters. The summed E-state index contributed by atoms with van der Waals surface area (Å²) in [5, 5.41) is 0.627. The lowest BCUT2D eigenvalue weighted by atomic mass is 10.1. The number of aromatic nitrogens is 1. The minimum atomic E-state index is -0.453. The van der Waals surface area contributed by atoms with Crippen molar-refractivity contribution < 1.29 is 19.0 Å². The number of ether oxygens (including phenoxy) is 3. The third kappa shape index (κ3) is 3.96. The highest BCUT2D eigenvalue weighted by Gasteiger charge is 2.14. The summed E-state index contributed by atoms with van der Waals surface area (Å²) in [6.45, 7) is 0.808. The van der Waals surface area contributed by atoms with Gasteiger partial charge in [0.1, 0.15) is 6.61 Å². The molecule has 6 heteroatoms. The summed E-state index contributed by atoms with van der Waals surface area (Å²) in [5.41, 5.74) is 1.89. The van der Waals surface area contributed by atoms with Crippen LogP contribution in [0, 0.1) is 0 Å². The van der Waals surface area contributed by atoms with Crippen LogP contribution in [0.25, 0.3) is 11.1 Å². The van der Waals surface area contributed by atoms with Gasteiger partial charge in [-0.3, -0.25) is 0 Å². The number of hydrogen-bond acceptors (Lipinski definition) is 5. The summed E-state index contributed by atoms with van der Waals surface area (Å²) in [6.07, 6.45) is 1.42. The summed E-state index contributed by atoms with van der Waals surface area (Å²) in [4.78, 5) is 15.9. The molecule has 0 spiro atoms. The Kier molecular flexibility index (Phi) is 5.75. The van der Waals surface area contributed by atoms with E-state index in [1.165, 1.54) is 13.3 Å². The van der Waals surface area contributed by atoms with Gasteiger partial charge < -0.3 is 14.2 Å². The minimum Gasteiger partial charge on any atom is -0.475 e. The normalized spacial score (nSPS) is 10.3. The zero-order valence-corrected chi connectivity index (χ0v) is 13.1. The molecule has 1 aromatic carbocycles. The quantitative estimate of drug-likeness (QED) is 0.604. The molecule has 5 nitrogen and oxygen atoms in total. The number of benzene rings is 1. The smallest absolute Gasteiger partial charge is 0.339 e. The summed E-state index contributed by atoms with van der Waals surface area (Å²) < 4.78 is 15.3. The molecule has 0 fully saturated rings. The van der Waals surface area contributed by atoms with Crippen LogP contribution in [0.2, 0.25) is 5.02 Å². The first-order chi connectivity index (χ1) is 10.7. The zero-order valence-electron chi connectivity index (χ0n) is 12.3. The summed E-state index contributed by atoms with van der Waals surface area (Å²) in [6, 6.07) is 8.89. The first-order valence-corrected chi connectivity index (χ1v) is 6.99. The second kappa shape index (κ2) is 7.77. The molecule has 0 saturated heterocycles. The molecule has 0 aliphatic rings. The predicted octanol–water partition coefficient (Wildman–Crippen LogP) is 3.21. The third-order valence-corrected chi connectivity index (χ3v) is 3.21. The Labute approximate surface area is 133 Å². The van der Waals surface area contributed by atoms with Gasteiger partial charge in [-0.2, -0.15) is 0 Å². The molecular weight excluding hydrogens is 306 g/mol. The fourth-order valence-corrected chi connectivity index (χ4v) is 1.98. The zero-order chi connectivity index (χ0) is 15.9. The van der Waals surface area contributed by atoms with Gasteiger partial charge in [-0.05, 0) is 23.8 Å². The molecule has 2 rings (SSSR count). The van der Waals surface area contributed by atoms with Crippen molar-refractivity contribution in [3.63, 3.8) is 0 Å². The lowest BCUT2D eigenvalue weighted by Gasteiger charge is -2.11. The van der Waals surface area contributed by atoms with E-state index in [2.05, 4.69) is 4.98 Å². The molecule has 1 heterocycles. The number of methoxy groups -OCH3 is 2. The number of hydrogen-bond donors (Lipinski definition) is 0. The molecule has 0 radical (unpaired) electrons. The largest absolute Gasteiger partial charge is 0.475 e. The van der Waals surface area contributed by atoms with E-state index < -0.39 is 5.97 Å². The lowest BCUT2D eigenvalue weighted by Crippen LogP contribution is -2.08. The van der Waals surface area contributed by atoms with E-state index in [9.17, 15) is 4.79 Å². The number of carbonyl (C=O) groups is 1. The van der Waals surface area contributed by atoms with Crippen LogP contribution >= 0.6 is 11.6 Å². The van der Waals surface area contributed by atoms with Crippen LogP contribution < -0.4 is 4.74 Å². The second-order valence-electron chi connectivity index (χ2n) is 4.42. The highest BCUT2D eigenvalue weighted by molar-refractivity contribution is 6.30. The van der Waals surface area contributed by atoms with Crippen molar-refractivity contribution >= 4 is 17.6 Å². The van der Waals surface area contributed by atoms with Gasteiger partial charge in [0.2, 0.25) is 5.88 Å². The lowest BCUT2D eigenvalue weighted by molar-refractivity contribution is 0.0600. The van der Waals surface area contributed by atoms with Crippen molar-refractivity contribution in [2.24, 2.45) is 0 Å². The number of pyridine rings is 1. The average molecular weight is 322 g/mol. The van der Waals surface area contributed by atoms with E-state index >= 15 is 0 Å². The van der Waals surface area contributed by atoms with Gasteiger partial charge in [0, 0.05) is 23.9 Å². The van der Waals surface area contributed by atoms with Crippen molar-refractivity contribution in [2.75, 3.05) is 27.4 Å². The van der Waals surface area contributed by atoms with E-state index in [-0.39, 0.29) is 0 Å². The van der Waals surface area contributed by atoms with Crippen molar-refractivity contribution in [3.8, 4) is 17.0 Å². The van der Waals surface area contributed by atoms with E-state index in [0.29, 0.717) is 35.2 Å². The number of nitrogens with zero attached hydrogens (tertiary/aromatic N) is 1. The molecule has 0 bridgehead atoms. The maximum Gasteiger partial charge on any atom is 0.339 e. The molecule has 0 amide bonds. The molecule has 0 saturated carbocycles. The first kappa shape index (κ1) is 16.3. The fraction of sp³-hybridized carbons (Fsp3) is 0.250. The SMILES string of the molecule is COCCOc1ncc(C(=O)OC)cc1-c1ccc(Cl)cc1. The Balaban J connectivity index is 2.40. The molecule has 2 aromatic rings. The van der Waals surface area contributed by atoms with Gasteiger partial charge in [-0.25, -0.2) is 9.78 Å². The van der Waals surface area contributed by atoms with Crippen LogP contribution in [0.5, 0.6) is 5.88 Å². The minimum absolute atomic E-state index is 0.353. The summed E-state index contributed by atoms with van der Waals surface area (Å²) in [7, 11) is 2.92. The summed E-state index contributed by atoms with van der Waals surface area (Å²) >= 11 is 5.91. The van der Waals surface area contributed by atoms with Crippen molar-refractivity contribution in [1.82, 2.24) is 4.98 Å². The van der Waals surface area contributed by atoms with Crippen LogP contribution in [-0.4, -0.2) is 38.4 Å². The predicted molar refractivity (Wildman–Crippen MR) is 83.4 cm³/mol. The number of rotatable bonds is 6. The van der Waals surface area contributed by atoms with Crippen LogP contribution in [0.15, 0.2) is 36.5 Å².